The van der Waals surface area contributed by atoms with Crippen molar-refractivity contribution in [3.63, 3.8) is 0 Å². The molecule has 0 radical (unpaired) electrons. The fourth-order valence-electron chi connectivity index (χ4n) is 2.46. The van der Waals surface area contributed by atoms with E-state index in [1.54, 1.807) is 0 Å². The predicted molar refractivity (Wildman–Crippen MR) is 76.2 cm³/mol. The monoisotopic (exact) mass is 254 g/mol. The summed E-state index contributed by atoms with van der Waals surface area (Å²) >= 11 is 0. The Kier molecular flexibility index (Phi) is 7.33. The van der Waals surface area contributed by atoms with Crippen LogP contribution in [0.25, 0.3) is 0 Å². The van der Waals surface area contributed by atoms with Crippen LogP contribution in [0.3, 0.4) is 0 Å². The molecular formula is C15H30N2O. The summed E-state index contributed by atoms with van der Waals surface area (Å²) in [5.41, 5.74) is 5.61. The topological polar surface area (TPSA) is 55.1 Å². The fraction of sp³-hybridized carbons (Fsp3) is 0.933. The molecular weight excluding hydrogens is 224 g/mol. The Morgan fingerprint density at radius 3 is 2.61 bits per heavy atom. The lowest BCUT2D eigenvalue weighted by atomic mass is 9.88. The molecule has 1 rings (SSSR count). The third-order valence-electron chi connectivity index (χ3n) is 4.03. The Morgan fingerprint density at radius 2 is 2.06 bits per heavy atom. The van der Waals surface area contributed by atoms with Gasteiger partial charge in [0.15, 0.2) is 0 Å². The summed E-state index contributed by atoms with van der Waals surface area (Å²) in [6.45, 7) is 6.02. The Morgan fingerprint density at radius 1 is 1.33 bits per heavy atom. The van der Waals surface area contributed by atoms with Gasteiger partial charge >= 0.3 is 0 Å². The van der Waals surface area contributed by atoms with Gasteiger partial charge in [-0.05, 0) is 50.0 Å². The first kappa shape index (κ1) is 15.5. The van der Waals surface area contributed by atoms with Crippen LogP contribution in [0.4, 0.5) is 0 Å². The van der Waals surface area contributed by atoms with E-state index < -0.39 is 0 Å². The third-order valence-corrected chi connectivity index (χ3v) is 4.03. The molecule has 0 heterocycles. The summed E-state index contributed by atoms with van der Waals surface area (Å²) in [6.07, 6.45) is 7.92. The van der Waals surface area contributed by atoms with Gasteiger partial charge in [-0.15, -0.1) is 0 Å². The van der Waals surface area contributed by atoms with Crippen LogP contribution in [-0.4, -0.2) is 19.0 Å². The van der Waals surface area contributed by atoms with Crippen LogP contribution in [0.5, 0.6) is 0 Å². The summed E-state index contributed by atoms with van der Waals surface area (Å²) < 4.78 is 0. The Hall–Kier alpha value is -0.570. The number of nitrogens with two attached hydrogens (primary N) is 1. The lowest BCUT2D eigenvalue weighted by Gasteiger charge is -2.19. The molecule has 1 saturated carbocycles. The van der Waals surface area contributed by atoms with E-state index in [0.717, 1.165) is 38.3 Å². The molecule has 106 valence electrons. The van der Waals surface area contributed by atoms with Crippen molar-refractivity contribution in [2.75, 3.05) is 13.1 Å². The van der Waals surface area contributed by atoms with Gasteiger partial charge in [0.05, 0.1) is 0 Å². The molecule has 0 bridgehead atoms. The average molecular weight is 254 g/mol. The van der Waals surface area contributed by atoms with Gasteiger partial charge in [-0.2, -0.15) is 0 Å². The molecule has 0 aliphatic heterocycles. The van der Waals surface area contributed by atoms with Crippen LogP contribution in [0, 0.1) is 17.8 Å². The molecule has 18 heavy (non-hydrogen) atoms. The molecule has 0 aromatic rings. The molecule has 1 atom stereocenters. The third kappa shape index (κ3) is 7.00. The number of carbonyl (C=O) groups is 1. The van der Waals surface area contributed by atoms with Gasteiger partial charge in [-0.1, -0.05) is 26.7 Å². The van der Waals surface area contributed by atoms with Gasteiger partial charge in [0.25, 0.3) is 0 Å². The van der Waals surface area contributed by atoms with E-state index >= 15 is 0 Å². The fourth-order valence-corrected chi connectivity index (χ4v) is 2.46. The van der Waals surface area contributed by atoms with Crippen molar-refractivity contribution in [2.24, 2.45) is 23.5 Å². The quantitative estimate of drug-likeness (QED) is 0.589. The van der Waals surface area contributed by atoms with E-state index in [9.17, 15) is 4.79 Å². The first-order valence-corrected chi connectivity index (χ1v) is 7.60. The lowest BCUT2D eigenvalue weighted by molar-refractivity contribution is -0.121. The van der Waals surface area contributed by atoms with Gasteiger partial charge in [-0.25, -0.2) is 0 Å². The SMILES string of the molecule is CC(C)C(CCN)CCC(=O)NCCCC1CC1. The molecule has 3 N–H and O–H groups in total. The number of hydrogen-bond acceptors (Lipinski definition) is 2. The van der Waals surface area contributed by atoms with Crippen LogP contribution >= 0.6 is 0 Å². The number of nitrogens with one attached hydrogen (secondary N) is 1. The van der Waals surface area contributed by atoms with Crippen LogP contribution in [0.1, 0.15) is 58.8 Å². The molecule has 3 heteroatoms. The van der Waals surface area contributed by atoms with Crippen LogP contribution in [0.2, 0.25) is 0 Å². The Labute approximate surface area is 112 Å². The van der Waals surface area contributed by atoms with Crippen molar-refractivity contribution in [1.29, 1.82) is 0 Å². The van der Waals surface area contributed by atoms with Crippen LogP contribution in [-0.2, 0) is 4.79 Å². The van der Waals surface area contributed by atoms with E-state index in [1.807, 2.05) is 0 Å². The second kappa shape index (κ2) is 8.52. The largest absolute Gasteiger partial charge is 0.356 e. The van der Waals surface area contributed by atoms with Crippen molar-refractivity contribution in [3.05, 3.63) is 0 Å². The van der Waals surface area contributed by atoms with Gasteiger partial charge in [0.1, 0.15) is 0 Å². The standard InChI is InChI=1S/C15H30N2O/c1-12(2)14(9-10-16)7-8-15(18)17-11-3-4-13-5-6-13/h12-14H,3-11,16H2,1-2H3,(H,17,18). The van der Waals surface area contributed by atoms with Gasteiger partial charge in [0.2, 0.25) is 5.91 Å². The van der Waals surface area contributed by atoms with Crippen LogP contribution in [0.15, 0.2) is 0 Å². The highest BCUT2D eigenvalue weighted by molar-refractivity contribution is 5.75. The molecule has 1 unspecified atom stereocenters. The van der Waals surface area contributed by atoms with Gasteiger partial charge < -0.3 is 11.1 Å². The number of hydrogen-bond donors (Lipinski definition) is 2. The molecule has 1 aliphatic rings. The number of amides is 1. The zero-order valence-corrected chi connectivity index (χ0v) is 12.1. The highest BCUT2D eigenvalue weighted by Crippen LogP contribution is 2.33. The molecule has 1 aliphatic carbocycles. The van der Waals surface area contributed by atoms with Crippen molar-refractivity contribution >= 4 is 5.91 Å². The van der Waals surface area contributed by atoms with E-state index in [0.29, 0.717) is 18.3 Å². The van der Waals surface area contributed by atoms with Crippen LogP contribution < -0.4 is 11.1 Å². The molecule has 0 aromatic carbocycles. The molecule has 0 saturated heterocycles. The zero-order chi connectivity index (χ0) is 13.4. The van der Waals surface area contributed by atoms with E-state index in [4.69, 9.17) is 5.73 Å². The maximum absolute atomic E-state index is 11.7. The maximum Gasteiger partial charge on any atom is 0.220 e. The minimum Gasteiger partial charge on any atom is -0.356 e. The summed E-state index contributed by atoms with van der Waals surface area (Å²) in [5.74, 6) is 2.40. The zero-order valence-electron chi connectivity index (χ0n) is 12.1. The second-order valence-electron chi connectivity index (χ2n) is 6.06. The molecule has 0 aromatic heterocycles. The summed E-state index contributed by atoms with van der Waals surface area (Å²) in [4.78, 5) is 11.7. The lowest BCUT2D eigenvalue weighted by Crippen LogP contribution is -2.25. The van der Waals surface area contributed by atoms with Gasteiger partial charge in [0, 0.05) is 13.0 Å². The maximum atomic E-state index is 11.7. The van der Waals surface area contributed by atoms with Crippen molar-refractivity contribution in [2.45, 2.75) is 58.8 Å². The Bertz CT molecular complexity index is 237. The first-order chi connectivity index (χ1) is 8.63. The first-order valence-electron chi connectivity index (χ1n) is 7.60. The van der Waals surface area contributed by atoms with Gasteiger partial charge in [-0.3, -0.25) is 4.79 Å². The molecule has 1 fully saturated rings. The summed E-state index contributed by atoms with van der Waals surface area (Å²) in [6, 6.07) is 0. The minimum atomic E-state index is 0.216. The second-order valence-corrected chi connectivity index (χ2v) is 6.06. The number of rotatable bonds is 10. The Balaban J connectivity index is 2.02. The molecule has 3 nitrogen and oxygen atoms in total. The highest BCUT2D eigenvalue weighted by atomic mass is 16.1. The summed E-state index contributed by atoms with van der Waals surface area (Å²) in [5, 5.41) is 3.03. The van der Waals surface area contributed by atoms with E-state index in [1.165, 1.54) is 19.3 Å². The average Bonchev–Trinajstić information content (AvgIpc) is 3.13. The van der Waals surface area contributed by atoms with Crippen molar-refractivity contribution in [3.8, 4) is 0 Å². The minimum absolute atomic E-state index is 0.216. The summed E-state index contributed by atoms with van der Waals surface area (Å²) in [7, 11) is 0. The van der Waals surface area contributed by atoms with Crippen molar-refractivity contribution in [1.82, 2.24) is 5.32 Å². The predicted octanol–water partition coefficient (Wildman–Crippen LogP) is 2.69. The van der Waals surface area contributed by atoms with E-state index in [-0.39, 0.29) is 5.91 Å². The smallest absolute Gasteiger partial charge is 0.220 e. The van der Waals surface area contributed by atoms with E-state index in [2.05, 4.69) is 19.2 Å². The number of carbonyl (C=O) groups excluding carboxylic acids is 1. The normalized spacial score (nSPS) is 16.9. The van der Waals surface area contributed by atoms with Crippen molar-refractivity contribution < 1.29 is 4.79 Å². The molecule has 1 amide bonds. The highest BCUT2D eigenvalue weighted by Gasteiger charge is 2.20. The molecule has 0 spiro atoms.